The first-order chi connectivity index (χ1) is 14.9. The molecule has 2 atom stereocenters. The largest absolute Gasteiger partial charge is 0.370 e. The van der Waals surface area contributed by atoms with Gasteiger partial charge in [-0.05, 0) is 38.0 Å². The fraction of sp³-hybridized carbons (Fsp3) is 0.800. The molecule has 178 valence electrons. The molecule has 1 fully saturated rings. The van der Waals surface area contributed by atoms with Gasteiger partial charge >= 0.3 is 0 Å². The highest BCUT2D eigenvalue weighted by Gasteiger charge is 2.36. The normalized spacial score (nSPS) is 18.5. The fourth-order valence-corrected chi connectivity index (χ4v) is 3.35. The van der Waals surface area contributed by atoms with E-state index in [1.165, 1.54) is 19.3 Å². The van der Waals surface area contributed by atoms with Crippen molar-refractivity contribution in [2.75, 3.05) is 19.6 Å². The Morgan fingerprint density at radius 3 is 2.00 bits per heavy atom. The number of hydrogen-bond donors (Lipinski definition) is 7. The summed E-state index contributed by atoms with van der Waals surface area (Å²) in [6.07, 6.45) is 12.2. The molecule has 1 saturated carbocycles. The van der Waals surface area contributed by atoms with Gasteiger partial charge < -0.3 is 39.7 Å². The predicted octanol–water partition coefficient (Wildman–Crippen LogP) is 0.0417. The summed E-state index contributed by atoms with van der Waals surface area (Å²) in [5.41, 5.74) is 33.0. The van der Waals surface area contributed by atoms with E-state index < -0.39 is 0 Å². The number of hydrogen-bond acceptors (Lipinski definition) is 3. The highest BCUT2D eigenvalue weighted by molar-refractivity contribution is 5.93. The van der Waals surface area contributed by atoms with Crippen LogP contribution >= 0.6 is 0 Å². The van der Waals surface area contributed by atoms with Crippen LogP contribution in [0.3, 0.4) is 0 Å². The zero-order valence-corrected chi connectivity index (χ0v) is 18.8. The van der Waals surface area contributed by atoms with Crippen molar-refractivity contribution in [1.29, 1.82) is 0 Å². The molecule has 0 radical (unpaired) electrons. The average Bonchev–Trinajstić information content (AvgIpc) is 3.42. The number of nitrogens with two attached hydrogens (primary N) is 6. The Bertz CT molecular complexity index is 604. The van der Waals surface area contributed by atoms with Crippen molar-refractivity contribution in [3.8, 4) is 0 Å². The van der Waals surface area contributed by atoms with Gasteiger partial charge in [-0.25, -0.2) is 0 Å². The first-order valence-corrected chi connectivity index (χ1v) is 11.4. The number of nitrogens with zero attached hydrogens (tertiary/aromatic N) is 4. The molecule has 0 bridgehead atoms. The molecule has 1 aliphatic carbocycles. The minimum Gasteiger partial charge on any atom is -0.370 e. The molecular formula is C20H43N11. The Morgan fingerprint density at radius 1 is 0.710 bits per heavy atom. The highest BCUT2D eigenvalue weighted by Crippen LogP contribution is 2.38. The number of aliphatic imine (C=N–C) groups is 4. The first kappa shape index (κ1) is 26.3. The van der Waals surface area contributed by atoms with Gasteiger partial charge in [0.25, 0.3) is 0 Å². The van der Waals surface area contributed by atoms with E-state index in [-0.39, 0.29) is 17.9 Å². The van der Waals surface area contributed by atoms with Crippen molar-refractivity contribution >= 4 is 23.8 Å². The summed E-state index contributed by atoms with van der Waals surface area (Å²) >= 11 is 0. The van der Waals surface area contributed by atoms with Gasteiger partial charge in [0.1, 0.15) is 0 Å². The van der Waals surface area contributed by atoms with E-state index in [1.54, 1.807) is 0 Å². The van der Waals surface area contributed by atoms with Crippen LogP contribution < -0.4 is 39.7 Å². The van der Waals surface area contributed by atoms with Gasteiger partial charge in [-0.1, -0.05) is 38.5 Å². The van der Waals surface area contributed by atoms with Gasteiger partial charge in [0, 0.05) is 19.6 Å². The van der Waals surface area contributed by atoms with Crippen LogP contribution in [0, 0.1) is 5.92 Å². The molecule has 0 aromatic rings. The maximum Gasteiger partial charge on any atom is 0.218 e. The lowest BCUT2D eigenvalue weighted by atomic mass is 10.1. The first-order valence-electron chi connectivity index (χ1n) is 11.4. The molecule has 0 amide bonds. The molecule has 0 aromatic heterocycles. The van der Waals surface area contributed by atoms with Gasteiger partial charge in [-0.3, -0.25) is 15.0 Å². The molecule has 11 heteroatoms. The summed E-state index contributed by atoms with van der Waals surface area (Å²) in [6, 6.07) is 0.355. The summed E-state index contributed by atoms with van der Waals surface area (Å²) in [6.45, 7) is 2.13. The lowest BCUT2D eigenvalue weighted by Crippen LogP contribution is -2.34. The topological polar surface area (TPSA) is 218 Å². The summed E-state index contributed by atoms with van der Waals surface area (Å²) < 4.78 is 0. The van der Waals surface area contributed by atoms with Gasteiger partial charge in [-0.15, -0.1) is 0 Å². The Labute approximate surface area is 186 Å². The lowest BCUT2D eigenvalue weighted by Gasteiger charge is -2.05. The van der Waals surface area contributed by atoms with Gasteiger partial charge in [0.2, 0.25) is 5.96 Å². The van der Waals surface area contributed by atoms with Gasteiger partial charge in [0.05, 0.1) is 6.04 Å². The predicted molar refractivity (Wildman–Crippen MR) is 131 cm³/mol. The van der Waals surface area contributed by atoms with Crippen LogP contribution in [0.15, 0.2) is 20.0 Å². The molecule has 0 heterocycles. The van der Waals surface area contributed by atoms with E-state index >= 15 is 0 Å². The minimum absolute atomic E-state index is 0.158. The molecule has 0 saturated heterocycles. The van der Waals surface area contributed by atoms with Crippen molar-refractivity contribution in [2.45, 2.75) is 76.7 Å². The van der Waals surface area contributed by atoms with Gasteiger partial charge in [-0.2, -0.15) is 4.99 Å². The van der Waals surface area contributed by atoms with E-state index in [4.69, 9.17) is 34.4 Å². The third kappa shape index (κ3) is 15.7. The number of rotatable bonds is 16. The molecule has 1 aliphatic rings. The summed E-state index contributed by atoms with van der Waals surface area (Å²) in [4.78, 5) is 16.5. The highest BCUT2D eigenvalue weighted by atomic mass is 15.2. The monoisotopic (exact) mass is 437 g/mol. The summed E-state index contributed by atoms with van der Waals surface area (Å²) in [7, 11) is 0. The summed E-state index contributed by atoms with van der Waals surface area (Å²) in [5, 5.41) is 3.07. The zero-order chi connectivity index (χ0) is 22.9. The van der Waals surface area contributed by atoms with Crippen molar-refractivity contribution in [1.82, 2.24) is 5.32 Å². The molecule has 13 N–H and O–H groups in total. The molecule has 0 spiro atoms. The van der Waals surface area contributed by atoms with Gasteiger partial charge in [0.15, 0.2) is 17.9 Å². The van der Waals surface area contributed by atoms with Crippen molar-refractivity contribution in [2.24, 2.45) is 60.3 Å². The maximum atomic E-state index is 5.84. The van der Waals surface area contributed by atoms with Crippen LogP contribution in [0.2, 0.25) is 0 Å². The van der Waals surface area contributed by atoms with E-state index in [1.807, 2.05) is 0 Å². The second-order valence-electron chi connectivity index (χ2n) is 8.06. The zero-order valence-electron chi connectivity index (χ0n) is 18.8. The second kappa shape index (κ2) is 16.0. The van der Waals surface area contributed by atoms with Crippen LogP contribution in [0.1, 0.15) is 70.6 Å². The van der Waals surface area contributed by atoms with Crippen LogP contribution in [0.25, 0.3) is 0 Å². The van der Waals surface area contributed by atoms with Crippen LogP contribution in [0.5, 0.6) is 0 Å². The molecule has 0 aliphatic heterocycles. The molecular weight excluding hydrogens is 394 g/mol. The van der Waals surface area contributed by atoms with E-state index in [9.17, 15) is 0 Å². The SMILES string of the molecule is NC(N)=NCCCCCCCNC(N)=NC(N)=NCCCCCCC1C[C@@H]1N=C(N)N. The Balaban J connectivity index is 1.96. The lowest BCUT2D eigenvalue weighted by molar-refractivity contribution is 0.580. The Morgan fingerprint density at radius 2 is 1.32 bits per heavy atom. The number of nitrogens with one attached hydrogen (secondary N) is 1. The standard InChI is InChI=1S/C20H43N11/c21-17(22)27-11-7-3-1-4-8-12-28-19(25)31-20(26)29-13-9-5-2-6-10-15-14-16(15)30-18(23)24/h15-16H,1-14H2,(H4,21,22,27)(H4,23,24,30)(H5,25,26,28,29,31)/t15?,16-/m0/s1. The van der Waals surface area contributed by atoms with Crippen molar-refractivity contribution in [3.05, 3.63) is 0 Å². The maximum absolute atomic E-state index is 5.84. The third-order valence-electron chi connectivity index (χ3n) is 5.13. The number of guanidine groups is 4. The Kier molecular flexibility index (Phi) is 13.6. The third-order valence-corrected chi connectivity index (χ3v) is 5.13. The summed E-state index contributed by atoms with van der Waals surface area (Å²) in [5.74, 6) is 1.56. The Hall–Kier alpha value is -2.72. The van der Waals surface area contributed by atoms with Crippen LogP contribution in [0.4, 0.5) is 0 Å². The molecule has 1 rings (SSSR count). The van der Waals surface area contributed by atoms with Crippen LogP contribution in [-0.2, 0) is 0 Å². The van der Waals surface area contributed by atoms with Crippen LogP contribution in [-0.4, -0.2) is 49.5 Å². The van der Waals surface area contributed by atoms with E-state index in [2.05, 4.69) is 25.3 Å². The molecule has 11 nitrogen and oxygen atoms in total. The molecule has 0 aromatic carbocycles. The second-order valence-corrected chi connectivity index (χ2v) is 8.06. The minimum atomic E-state index is 0.158. The molecule has 31 heavy (non-hydrogen) atoms. The molecule has 1 unspecified atom stereocenters. The smallest absolute Gasteiger partial charge is 0.218 e. The average molecular weight is 438 g/mol. The number of unbranched alkanes of at least 4 members (excludes halogenated alkanes) is 7. The van der Waals surface area contributed by atoms with Crippen molar-refractivity contribution in [3.63, 3.8) is 0 Å². The fourth-order valence-electron chi connectivity index (χ4n) is 3.35. The quantitative estimate of drug-likeness (QED) is 0.0997. The van der Waals surface area contributed by atoms with Crippen molar-refractivity contribution < 1.29 is 0 Å². The van der Waals surface area contributed by atoms with E-state index in [0.717, 1.165) is 57.9 Å². The van der Waals surface area contributed by atoms with E-state index in [0.29, 0.717) is 31.0 Å².